The number of carboxylic acid groups (broad SMARTS) is 1. The Hall–Kier alpha value is -4.13. The molecule has 0 saturated heterocycles. The van der Waals surface area contributed by atoms with E-state index in [0.717, 1.165) is 32.7 Å². The van der Waals surface area contributed by atoms with Crippen molar-refractivity contribution in [2.24, 2.45) is 0 Å². The van der Waals surface area contributed by atoms with Gasteiger partial charge in [-0.2, -0.15) is 0 Å². The molecule has 0 heterocycles. The lowest BCUT2D eigenvalue weighted by molar-refractivity contribution is -0.142. The number of hydrogen-bond acceptors (Lipinski definition) is 5. The Morgan fingerprint density at radius 1 is 0.895 bits per heavy atom. The maximum Gasteiger partial charge on any atom is 0.410 e. The third kappa shape index (κ3) is 6.05. The molecule has 1 N–H and O–H groups in total. The molecule has 3 aromatic carbocycles. The topological polar surface area (TPSA) is 93.1 Å². The molecule has 38 heavy (non-hydrogen) atoms. The second kappa shape index (κ2) is 11.1. The van der Waals surface area contributed by atoms with Gasteiger partial charge in [0.05, 0.1) is 5.56 Å². The second-order valence-electron chi connectivity index (χ2n) is 10.5. The van der Waals surface area contributed by atoms with Crippen molar-refractivity contribution >= 4 is 18.0 Å². The Bertz CT molecular complexity index is 1280. The van der Waals surface area contributed by atoms with Gasteiger partial charge in [0, 0.05) is 13.0 Å². The predicted octanol–water partition coefficient (Wildman–Crippen LogP) is 5.91. The number of carbonyl (C=O) groups excluding carboxylic acids is 2. The summed E-state index contributed by atoms with van der Waals surface area (Å²) in [5, 5.41) is 9.83. The average Bonchev–Trinajstić information content (AvgIpc) is 3.20. The summed E-state index contributed by atoms with van der Waals surface area (Å²) in [7, 11) is 1.45. The molecule has 1 aliphatic carbocycles. The van der Waals surface area contributed by atoms with Gasteiger partial charge >= 0.3 is 18.0 Å². The minimum atomic E-state index is -1.11. The van der Waals surface area contributed by atoms with Crippen LogP contribution in [0.15, 0.2) is 72.8 Å². The number of carboxylic acids is 1. The maximum atomic E-state index is 12.9. The van der Waals surface area contributed by atoms with Crippen LogP contribution in [0.5, 0.6) is 0 Å². The van der Waals surface area contributed by atoms with Crippen LogP contribution in [-0.2, 0) is 20.7 Å². The summed E-state index contributed by atoms with van der Waals surface area (Å²) in [6.07, 6.45) is -0.0755. The summed E-state index contributed by atoms with van der Waals surface area (Å²) >= 11 is 0. The Morgan fingerprint density at radius 2 is 1.45 bits per heavy atom. The van der Waals surface area contributed by atoms with Crippen molar-refractivity contribution in [1.29, 1.82) is 0 Å². The normalized spacial score (nSPS) is 13.3. The molecule has 1 atom stereocenters. The van der Waals surface area contributed by atoms with Crippen LogP contribution in [0.3, 0.4) is 0 Å². The Morgan fingerprint density at radius 3 is 1.97 bits per heavy atom. The summed E-state index contributed by atoms with van der Waals surface area (Å²) in [5.41, 5.74) is 5.12. The zero-order chi connectivity index (χ0) is 27.4. The van der Waals surface area contributed by atoms with Crippen LogP contribution in [-0.4, -0.2) is 53.3 Å². The fourth-order valence-electron chi connectivity index (χ4n) is 4.75. The minimum Gasteiger partial charge on any atom is -0.480 e. The summed E-state index contributed by atoms with van der Waals surface area (Å²) in [6.45, 7) is 5.53. The largest absolute Gasteiger partial charge is 0.480 e. The SMILES string of the molecule is CN(C(=O)OCC1c2ccccc2-c2ccccc21)[C@H](CCc1ccc(C(=O)OC(C)(C)C)cc1)C(=O)O. The summed E-state index contributed by atoms with van der Waals surface area (Å²) in [6, 6.07) is 21.9. The van der Waals surface area contributed by atoms with Gasteiger partial charge in [-0.3, -0.25) is 4.90 Å². The third-order valence-electron chi connectivity index (χ3n) is 6.67. The molecule has 0 saturated carbocycles. The van der Waals surface area contributed by atoms with Gasteiger partial charge in [0.15, 0.2) is 0 Å². The first-order valence-electron chi connectivity index (χ1n) is 12.7. The molecule has 0 aromatic heterocycles. The lowest BCUT2D eigenvalue weighted by atomic mass is 9.98. The first-order chi connectivity index (χ1) is 18.0. The summed E-state index contributed by atoms with van der Waals surface area (Å²) in [4.78, 5) is 38.3. The van der Waals surface area contributed by atoms with Crippen molar-refractivity contribution in [3.63, 3.8) is 0 Å². The van der Waals surface area contributed by atoms with Crippen LogP contribution in [0.25, 0.3) is 11.1 Å². The van der Waals surface area contributed by atoms with Crippen molar-refractivity contribution in [3.8, 4) is 11.1 Å². The standard InChI is InChI=1S/C31H33NO6/c1-31(2,3)38-29(35)21-16-13-20(14-17-21)15-18-27(28(33)34)32(4)30(36)37-19-26-24-11-7-5-9-22(24)23-10-6-8-12-25(23)26/h5-14,16-17,26-27H,15,18-19H2,1-4H3,(H,33,34)/t27-/m1/s1. The van der Waals surface area contributed by atoms with Gasteiger partial charge in [0.25, 0.3) is 0 Å². The van der Waals surface area contributed by atoms with Crippen LogP contribution in [0.1, 0.15) is 60.2 Å². The molecule has 1 amide bonds. The Labute approximate surface area is 223 Å². The highest BCUT2D eigenvalue weighted by Crippen LogP contribution is 2.44. The first-order valence-corrected chi connectivity index (χ1v) is 12.7. The van der Waals surface area contributed by atoms with Crippen LogP contribution in [0.4, 0.5) is 4.79 Å². The highest BCUT2D eigenvalue weighted by molar-refractivity contribution is 5.89. The Balaban J connectivity index is 1.37. The maximum absolute atomic E-state index is 12.9. The van der Waals surface area contributed by atoms with E-state index in [1.165, 1.54) is 7.05 Å². The predicted molar refractivity (Wildman–Crippen MR) is 144 cm³/mol. The van der Waals surface area contributed by atoms with E-state index in [9.17, 15) is 19.5 Å². The van der Waals surface area contributed by atoms with Gasteiger partial charge in [-0.15, -0.1) is 0 Å². The Kier molecular flexibility index (Phi) is 7.86. The van der Waals surface area contributed by atoms with E-state index >= 15 is 0 Å². The van der Waals surface area contributed by atoms with Crippen molar-refractivity contribution in [1.82, 2.24) is 4.90 Å². The number of fused-ring (bicyclic) bond motifs is 3. The van der Waals surface area contributed by atoms with Gasteiger partial charge in [-0.1, -0.05) is 60.7 Å². The molecule has 0 bridgehead atoms. The van der Waals surface area contributed by atoms with E-state index in [2.05, 4.69) is 12.1 Å². The van der Waals surface area contributed by atoms with E-state index in [1.807, 2.05) is 36.4 Å². The fourth-order valence-corrected chi connectivity index (χ4v) is 4.75. The number of amides is 1. The molecule has 3 aromatic rings. The van der Waals surface area contributed by atoms with E-state index in [-0.39, 0.29) is 18.9 Å². The number of hydrogen-bond donors (Lipinski definition) is 1. The molecule has 0 fully saturated rings. The van der Waals surface area contributed by atoms with Gasteiger partial charge in [-0.05, 0) is 73.6 Å². The number of aliphatic carboxylic acids is 1. The van der Waals surface area contributed by atoms with E-state index < -0.39 is 29.7 Å². The molecular weight excluding hydrogens is 482 g/mol. The lowest BCUT2D eigenvalue weighted by Crippen LogP contribution is -2.43. The molecule has 0 aliphatic heterocycles. The van der Waals surface area contributed by atoms with Crippen molar-refractivity contribution in [3.05, 3.63) is 95.1 Å². The highest BCUT2D eigenvalue weighted by atomic mass is 16.6. The van der Waals surface area contributed by atoms with Crippen LogP contribution >= 0.6 is 0 Å². The fraction of sp³-hybridized carbons (Fsp3) is 0.323. The molecule has 0 unspecified atom stereocenters. The number of likely N-dealkylation sites (N-methyl/N-ethyl adjacent to an activating group) is 1. The zero-order valence-electron chi connectivity index (χ0n) is 22.1. The van der Waals surface area contributed by atoms with Crippen molar-refractivity contribution in [2.75, 3.05) is 13.7 Å². The molecule has 7 nitrogen and oxygen atoms in total. The first kappa shape index (κ1) is 26.9. The molecule has 0 spiro atoms. The monoisotopic (exact) mass is 515 g/mol. The minimum absolute atomic E-state index is 0.105. The van der Waals surface area contributed by atoms with E-state index in [1.54, 1.807) is 45.0 Å². The number of ether oxygens (including phenoxy) is 2. The number of aryl methyl sites for hydroxylation is 1. The summed E-state index contributed by atoms with van der Waals surface area (Å²) in [5.74, 6) is -1.62. The zero-order valence-corrected chi connectivity index (χ0v) is 22.1. The van der Waals surface area contributed by atoms with Crippen LogP contribution in [0, 0.1) is 0 Å². The molecule has 1 aliphatic rings. The van der Waals surface area contributed by atoms with Gasteiger partial charge < -0.3 is 14.6 Å². The average molecular weight is 516 g/mol. The van der Waals surface area contributed by atoms with Crippen LogP contribution in [0.2, 0.25) is 0 Å². The van der Waals surface area contributed by atoms with Crippen molar-refractivity contribution in [2.45, 2.75) is 51.2 Å². The quantitative estimate of drug-likeness (QED) is 0.375. The van der Waals surface area contributed by atoms with Gasteiger partial charge in [-0.25, -0.2) is 14.4 Å². The molecule has 198 valence electrons. The highest BCUT2D eigenvalue weighted by Gasteiger charge is 2.32. The van der Waals surface area contributed by atoms with E-state index in [4.69, 9.17) is 9.47 Å². The van der Waals surface area contributed by atoms with Crippen LogP contribution < -0.4 is 0 Å². The number of carbonyl (C=O) groups is 3. The second-order valence-corrected chi connectivity index (χ2v) is 10.5. The van der Waals surface area contributed by atoms with Gasteiger partial charge in [0.1, 0.15) is 18.2 Å². The van der Waals surface area contributed by atoms with E-state index in [0.29, 0.717) is 12.0 Å². The number of benzene rings is 3. The van der Waals surface area contributed by atoms with Crippen molar-refractivity contribution < 1.29 is 29.0 Å². The number of nitrogens with zero attached hydrogens (tertiary/aromatic N) is 1. The number of rotatable bonds is 8. The number of esters is 1. The molecule has 4 rings (SSSR count). The third-order valence-corrected chi connectivity index (χ3v) is 6.67. The molecule has 7 heteroatoms. The summed E-state index contributed by atoms with van der Waals surface area (Å²) < 4.78 is 11.0. The lowest BCUT2D eigenvalue weighted by Gasteiger charge is -2.25. The molecular formula is C31H33NO6. The van der Waals surface area contributed by atoms with Gasteiger partial charge in [0.2, 0.25) is 0 Å². The molecule has 0 radical (unpaired) electrons. The smallest absolute Gasteiger partial charge is 0.410 e.